The Morgan fingerprint density at radius 2 is 2.10 bits per heavy atom. The van der Waals surface area contributed by atoms with Crippen molar-refractivity contribution in [2.24, 2.45) is 7.05 Å². The molecule has 1 aliphatic heterocycles. The Morgan fingerprint density at radius 3 is 2.65 bits per heavy atom. The third-order valence-electron chi connectivity index (χ3n) is 3.75. The molecule has 7 heteroatoms. The molecule has 0 aromatic carbocycles. The second-order valence-corrected chi connectivity index (χ2v) is 7.78. The Hall–Kier alpha value is -1.18. The minimum Gasteiger partial charge on any atom is -0.339 e. The molecule has 0 amide bonds. The molecule has 0 aliphatic carbocycles. The molecule has 1 aliphatic rings. The van der Waals surface area contributed by atoms with Crippen LogP contribution in [0.25, 0.3) is 0 Å². The van der Waals surface area contributed by atoms with Crippen LogP contribution >= 0.6 is 11.3 Å². The smallest absolute Gasteiger partial charge is 0.262 e. The number of imidazole rings is 1. The van der Waals surface area contributed by atoms with E-state index in [2.05, 4.69) is 21.8 Å². The zero-order chi connectivity index (χ0) is 14.2. The topological polar surface area (TPSA) is 55.2 Å². The van der Waals surface area contributed by atoms with Crippen LogP contribution < -0.4 is 0 Å². The van der Waals surface area contributed by atoms with Crippen LogP contribution in [-0.2, 0) is 17.1 Å². The molecule has 3 heterocycles. The lowest BCUT2D eigenvalue weighted by Gasteiger charge is -2.30. The fourth-order valence-corrected chi connectivity index (χ4v) is 4.77. The molecule has 3 rings (SSSR count). The van der Waals surface area contributed by atoms with Gasteiger partial charge in [-0.3, -0.25) is 0 Å². The van der Waals surface area contributed by atoms with Crippen LogP contribution in [0.4, 0.5) is 0 Å². The zero-order valence-electron chi connectivity index (χ0n) is 11.3. The van der Waals surface area contributed by atoms with Crippen LogP contribution in [0, 0.1) is 0 Å². The molecule has 5 nitrogen and oxygen atoms in total. The maximum atomic E-state index is 12.4. The highest BCUT2D eigenvalue weighted by molar-refractivity contribution is 7.89. The number of hydrogen-bond acceptors (Lipinski definition) is 4. The van der Waals surface area contributed by atoms with Crippen LogP contribution in [0.15, 0.2) is 34.4 Å². The molecule has 0 spiro atoms. The number of sulfonamides is 1. The fourth-order valence-electron chi connectivity index (χ4n) is 2.59. The Bertz CT molecular complexity index is 668. The van der Waals surface area contributed by atoms with Crippen LogP contribution in [0.3, 0.4) is 0 Å². The molecule has 0 bridgehead atoms. The average molecular weight is 311 g/mol. The summed E-state index contributed by atoms with van der Waals surface area (Å²) in [5.74, 6) is 0.483. The van der Waals surface area contributed by atoms with Gasteiger partial charge in [0.25, 0.3) is 10.0 Å². The third-order valence-corrected chi connectivity index (χ3v) is 6.24. The first-order valence-electron chi connectivity index (χ1n) is 6.57. The number of piperidine rings is 1. The van der Waals surface area contributed by atoms with Gasteiger partial charge in [0.1, 0.15) is 0 Å². The van der Waals surface area contributed by atoms with E-state index in [0.29, 0.717) is 19.0 Å². The first kappa shape index (κ1) is 13.8. The van der Waals surface area contributed by atoms with E-state index in [9.17, 15) is 8.42 Å². The first-order valence-corrected chi connectivity index (χ1v) is 8.96. The third kappa shape index (κ3) is 2.53. The molecule has 108 valence electrons. The summed E-state index contributed by atoms with van der Waals surface area (Å²) < 4.78 is 28.1. The maximum absolute atomic E-state index is 12.4. The molecule has 0 radical (unpaired) electrons. The lowest BCUT2D eigenvalue weighted by Crippen LogP contribution is -2.38. The van der Waals surface area contributed by atoms with Crippen molar-refractivity contribution in [3.8, 4) is 0 Å². The molecule has 0 N–H and O–H groups in total. The highest BCUT2D eigenvalue weighted by Gasteiger charge is 2.31. The van der Waals surface area contributed by atoms with Crippen LogP contribution in [0.5, 0.6) is 0 Å². The molecule has 20 heavy (non-hydrogen) atoms. The molecule has 0 unspecified atom stereocenters. The maximum Gasteiger partial charge on any atom is 0.262 e. The molecule has 2 aromatic heterocycles. The van der Waals surface area contributed by atoms with Gasteiger partial charge in [-0.1, -0.05) is 0 Å². The van der Waals surface area contributed by atoms with Gasteiger partial charge in [0.15, 0.2) is 5.03 Å². The second-order valence-electron chi connectivity index (χ2n) is 5.11. The number of thiophene rings is 1. The Kier molecular flexibility index (Phi) is 3.66. The van der Waals surface area contributed by atoms with Crippen LogP contribution in [-0.4, -0.2) is 35.4 Å². The van der Waals surface area contributed by atoms with E-state index in [-0.39, 0.29) is 5.03 Å². The summed E-state index contributed by atoms with van der Waals surface area (Å²) >= 11 is 1.69. The summed E-state index contributed by atoms with van der Waals surface area (Å²) in [6.45, 7) is 1.14. The summed E-state index contributed by atoms with van der Waals surface area (Å²) in [7, 11) is -1.66. The quantitative estimate of drug-likeness (QED) is 0.872. The zero-order valence-corrected chi connectivity index (χ0v) is 12.9. The van der Waals surface area contributed by atoms with Gasteiger partial charge in [-0.25, -0.2) is 13.4 Å². The second kappa shape index (κ2) is 5.31. The number of aryl methyl sites for hydroxylation is 1. The van der Waals surface area contributed by atoms with E-state index in [1.165, 1.54) is 11.9 Å². The van der Waals surface area contributed by atoms with Crippen molar-refractivity contribution in [3.05, 3.63) is 34.9 Å². The molecule has 0 saturated carbocycles. The highest BCUT2D eigenvalue weighted by Crippen LogP contribution is 2.31. The summed E-state index contributed by atoms with van der Waals surface area (Å²) in [6, 6.07) is 2.14. The van der Waals surface area contributed by atoms with Gasteiger partial charge < -0.3 is 4.57 Å². The van der Waals surface area contributed by atoms with Crippen LogP contribution in [0.1, 0.15) is 24.3 Å². The largest absolute Gasteiger partial charge is 0.339 e. The van der Waals surface area contributed by atoms with Crippen molar-refractivity contribution >= 4 is 21.4 Å². The normalized spacial score (nSPS) is 18.4. The summed E-state index contributed by atoms with van der Waals surface area (Å²) in [5, 5.41) is 4.38. The van der Waals surface area contributed by atoms with Gasteiger partial charge in [0, 0.05) is 26.3 Å². The Balaban J connectivity index is 1.72. The number of nitrogens with zero attached hydrogens (tertiary/aromatic N) is 3. The van der Waals surface area contributed by atoms with Gasteiger partial charge in [-0.15, -0.1) is 0 Å². The van der Waals surface area contributed by atoms with Crippen molar-refractivity contribution in [2.45, 2.75) is 23.8 Å². The van der Waals surface area contributed by atoms with Crippen molar-refractivity contribution in [1.82, 2.24) is 13.9 Å². The Labute approximate surface area is 122 Å². The molecular formula is C13H17N3O2S2. The molecule has 2 aromatic rings. The van der Waals surface area contributed by atoms with Gasteiger partial charge in [0.2, 0.25) is 0 Å². The minimum atomic E-state index is -3.43. The number of hydrogen-bond donors (Lipinski definition) is 0. The summed E-state index contributed by atoms with van der Waals surface area (Å²) in [5.41, 5.74) is 1.34. The van der Waals surface area contributed by atoms with E-state index < -0.39 is 10.0 Å². The first-order chi connectivity index (χ1) is 9.57. The van der Waals surface area contributed by atoms with E-state index in [1.54, 1.807) is 33.5 Å². The van der Waals surface area contributed by atoms with Gasteiger partial charge in [-0.05, 0) is 41.1 Å². The van der Waals surface area contributed by atoms with E-state index >= 15 is 0 Å². The SMILES string of the molecule is Cn1cnc(S(=O)(=O)N2CCC(c3ccsc3)CC2)c1. The standard InChI is InChI=1S/C13H17N3O2S2/c1-15-8-13(14-10-15)20(17,18)16-5-2-11(3-6-16)12-4-7-19-9-12/h4,7-11H,2-3,5-6H2,1H3. The lowest BCUT2D eigenvalue weighted by molar-refractivity contribution is 0.319. The number of aromatic nitrogens is 2. The fraction of sp³-hybridized carbons (Fsp3) is 0.462. The molecule has 1 fully saturated rings. The Morgan fingerprint density at radius 1 is 1.35 bits per heavy atom. The molecule has 1 saturated heterocycles. The van der Waals surface area contributed by atoms with Gasteiger partial charge >= 0.3 is 0 Å². The van der Waals surface area contributed by atoms with E-state index in [4.69, 9.17) is 0 Å². The average Bonchev–Trinajstić information content (AvgIpc) is 3.10. The summed E-state index contributed by atoms with van der Waals surface area (Å²) in [4.78, 5) is 3.97. The minimum absolute atomic E-state index is 0.147. The van der Waals surface area contributed by atoms with Gasteiger partial charge in [-0.2, -0.15) is 15.6 Å². The van der Waals surface area contributed by atoms with Crippen molar-refractivity contribution < 1.29 is 8.42 Å². The van der Waals surface area contributed by atoms with Crippen molar-refractivity contribution in [3.63, 3.8) is 0 Å². The predicted octanol–water partition coefficient (Wildman–Crippen LogP) is 2.05. The highest BCUT2D eigenvalue weighted by atomic mass is 32.2. The lowest BCUT2D eigenvalue weighted by atomic mass is 9.92. The monoisotopic (exact) mass is 311 g/mol. The molecular weight excluding hydrogens is 294 g/mol. The summed E-state index contributed by atoms with van der Waals surface area (Å²) in [6.07, 6.45) is 4.83. The molecule has 0 atom stereocenters. The van der Waals surface area contributed by atoms with E-state index in [1.807, 2.05) is 0 Å². The van der Waals surface area contributed by atoms with Gasteiger partial charge in [0.05, 0.1) is 6.33 Å². The predicted molar refractivity (Wildman–Crippen MR) is 78.3 cm³/mol. The van der Waals surface area contributed by atoms with Crippen molar-refractivity contribution in [2.75, 3.05) is 13.1 Å². The number of rotatable bonds is 3. The van der Waals surface area contributed by atoms with Crippen molar-refractivity contribution in [1.29, 1.82) is 0 Å². The van der Waals surface area contributed by atoms with Crippen LogP contribution in [0.2, 0.25) is 0 Å². The van der Waals surface area contributed by atoms with E-state index in [0.717, 1.165) is 12.8 Å².